The number of nitrogen functional groups attached to an aromatic ring is 1. The zero-order valence-electron chi connectivity index (χ0n) is 15.4. The first-order chi connectivity index (χ1) is 12.6. The monoisotopic (exact) mass is 357 g/mol. The van der Waals surface area contributed by atoms with E-state index in [1.165, 1.54) is 32.1 Å². The molecule has 1 saturated carbocycles. The van der Waals surface area contributed by atoms with Crippen molar-refractivity contribution in [3.63, 3.8) is 0 Å². The van der Waals surface area contributed by atoms with Crippen LogP contribution >= 0.6 is 0 Å². The van der Waals surface area contributed by atoms with Crippen molar-refractivity contribution in [1.29, 1.82) is 0 Å². The molecule has 140 valence electrons. The summed E-state index contributed by atoms with van der Waals surface area (Å²) in [4.78, 5) is 17.9. The Labute approximate surface area is 153 Å². The molecular formula is C19H27N5O2. The van der Waals surface area contributed by atoms with E-state index in [2.05, 4.69) is 10.7 Å². The number of hydrogen-bond acceptors (Lipinski definition) is 6. The second-order valence-corrected chi connectivity index (χ2v) is 7.53. The van der Waals surface area contributed by atoms with Gasteiger partial charge in [-0.1, -0.05) is 19.3 Å². The number of benzene rings is 1. The lowest BCUT2D eigenvalue weighted by molar-refractivity contribution is -0.125. The van der Waals surface area contributed by atoms with Crippen LogP contribution in [0.4, 0.5) is 5.69 Å². The average Bonchev–Trinajstić information content (AvgIpc) is 2.99. The van der Waals surface area contributed by atoms with Gasteiger partial charge in [0.15, 0.2) is 0 Å². The fourth-order valence-electron chi connectivity index (χ4n) is 4.58. The Hall–Kier alpha value is -2.12. The highest BCUT2D eigenvalue weighted by Crippen LogP contribution is 2.37. The van der Waals surface area contributed by atoms with Crippen LogP contribution in [-0.4, -0.2) is 43.1 Å². The number of nitrogens with two attached hydrogens (primary N) is 1. The summed E-state index contributed by atoms with van der Waals surface area (Å²) >= 11 is 0. The van der Waals surface area contributed by atoms with Crippen molar-refractivity contribution in [2.75, 3.05) is 19.9 Å². The number of amides is 1. The van der Waals surface area contributed by atoms with Gasteiger partial charge < -0.3 is 15.8 Å². The number of nitrogens with one attached hydrogen (secondary N) is 2. The normalized spacial score (nSPS) is 29.8. The first-order valence-corrected chi connectivity index (χ1v) is 9.40. The second kappa shape index (κ2) is 6.89. The standard InChI is InChI=1S/C19H27N5O2/c1-24-18-15(16(23-24)11-6-4-3-5-7-11)19(25)22-17(21-18)13-9-8-12(20)10-14(13)26-2/h8-11,15-16,18,23H,3-7,20H2,1-2H3,(H,21,22,25). The molecule has 1 amide bonds. The minimum absolute atomic E-state index is 0.0336. The molecule has 3 unspecified atom stereocenters. The Balaban J connectivity index is 1.64. The number of amidine groups is 1. The van der Waals surface area contributed by atoms with Gasteiger partial charge in [-0.05, 0) is 30.9 Å². The highest BCUT2D eigenvalue weighted by molar-refractivity contribution is 6.11. The third-order valence-electron chi connectivity index (χ3n) is 5.90. The summed E-state index contributed by atoms with van der Waals surface area (Å²) in [5, 5.41) is 5.00. The van der Waals surface area contributed by atoms with Crippen LogP contribution in [0.3, 0.4) is 0 Å². The summed E-state index contributed by atoms with van der Waals surface area (Å²) in [6, 6.07) is 5.54. The van der Waals surface area contributed by atoms with E-state index in [9.17, 15) is 4.79 Å². The SMILES string of the molecule is COc1cc(N)ccc1C1=NC2C(C(=O)N1)C(C1CCCCC1)NN2C. The van der Waals surface area contributed by atoms with Gasteiger partial charge in [0.2, 0.25) is 5.91 Å². The van der Waals surface area contributed by atoms with Crippen LogP contribution in [0.15, 0.2) is 23.2 Å². The second-order valence-electron chi connectivity index (χ2n) is 7.53. The third kappa shape index (κ3) is 2.95. The highest BCUT2D eigenvalue weighted by atomic mass is 16.5. The molecule has 1 saturated heterocycles. The molecule has 1 aromatic rings. The van der Waals surface area contributed by atoms with Crippen LogP contribution in [0.5, 0.6) is 5.75 Å². The topological polar surface area (TPSA) is 92.0 Å². The molecule has 2 fully saturated rings. The van der Waals surface area contributed by atoms with E-state index in [1.54, 1.807) is 19.2 Å². The number of nitrogens with zero attached hydrogens (tertiary/aromatic N) is 2. The zero-order chi connectivity index (χ0) is 18.3. The predicted octanol–water partition coefficient (Wildman–Crippen LogP) is 1.49. The van der Waals surface area contributed by atoms with E-state index in [0.29, 0.717) is 23.2 Å². The molecule has 4 N–H and O–H groups in total. The van der Waals surface area contributed by atoms with E-state index in [0.717, 1.165) is 5.56 Å². The van der Waals surface area contributed by atoms with Crippen molar-refractivity contribution < 1.29 is 9.53 Å². The van der Waals surface area contributed by atoms with Gasteiger partial charge in [-0.2, -0.15) is 0 Å². The minimum Gasteiger partial charge on any atom is -0.496 e. The van der Waals surface area contributed by atoms with Crippen molar-refractivity contribution in [2.45, 2.75) is 44.3 Å². The fraction of sp³-hybridized carbons (Fsp3) is 0.579. The van der Waals surface area contributed by atoms with Gasteiger partial charge in [-0.25, -0.2) is 15.4 Å². The molecular weight excluding hydrogens is 330 g/mol. The number of rotatable bonds is 3. The zero-order valence-corrected chi connectivity index (χ0v) is 15.4. The number of carbonyl (C=O) groups is 1. The van der Waals surface area contributed by atoms with E-state index >= 15 is 0 Å². The third-order valence-corrected chi connectivity index (χ3v) is 5.90. The van der Waals surface area contributed by atoms with Crippen LogP contribution in [0, 0.1) is 11.8 Å². The molecule has 3 atom stereocenters. The largest absolute Gasteiger partial charge is 0.496 e. The van der Waals surface area contributed by atoms with Gasteiger partial charge in [-0.3, -0.25) is 4.79 Å². The molecule has 26 heavy (non-hydrogen) atoms. The number of hydrazine groups is 1. The molecule has 2 aliphatic heterocycles. The molecule has 0 radical (unpaired) electrons. The number of fused-ring (bicyclic) bond motifs is 1. The lowest BCUT2D eigenvalue weighted by atomic mass is 9.78. The first-order valence-electron chi connectivity index (χ1n) is 9.40. The van der Waals surface area contributed by atoms with Crippen molar-refractivity contribution in [3.8, 4) is 5.75 Å². The van der Waals surface area contributed by atoms with Gasteiger partial charge in [0.1, 0.15) is 17.8 Å². The summed E-state index contributed by atoms with van der Waals surface area (Å²) in [6.45, 7) is 0. The molecule has 2 heterocycles. The summed E-state index contributed by atoms with van der Waals surface area (Å²) in [6.07, 6.45) is 5.98. The van der Waals surface area contributed by atoms with E-state index in [1.807, 2.05) is 18.1 Å². The Morgan fingerprint density at radius 1 is 1.27 bits per heavy atom. The molecule has 0 bridgehead atoms. The van der Waals surface area contributed by atoms with Crippen molar-refractivity contribution in [1.82, 2.24) is 15.8 Å². The van der Waals surface area contributed by atoms with Gasteiger partial charge in [0, 0.05) is 24.8 Å². The molecule has 0 aromatic heterocycles. The maximum absolute atomic E-state index is 13.0. The summed E-state index contributed by atoms with van der Waals surface area (Å²) in [5.41, 5.74) is 10.7. The number of anilines is 1. The number of methoxy groups -OCH3 is 1. The van der Waals surface area contributed by atoms with E-state index in [4.69, 9.17) is 15.5 Å². The van der Waals surface area contributed by atoms with Crippen molar-refractivity contribution in [3.05, 3.63) is 23.8 Å². The summed E-state index contributed by atoms with van der Waals surface area (Å²) < 4.78 is 5.43. The maximum atomic E-state index is 13.0. The molecule has 1 aliphatic carbocycles. The average molecular weight is 357 g/mol. The smallest absolute Gasteiger partial charge is 0.233 e. The quantitative estimate of drug-likeness (QED) is 0.713. The van der Waals surface area contributed by atoms with Crippen LogP contribution < -0.4 is 21.2 Å². The molecule has 7 heteroatoms. The molecule has 3 aliphatic rings. The Morgan fingerprint density at radius 3 is 2.77 bits per heavy atom. The lowest BCUT2D eigenvalue weighted by Crippen LogP contribution is -2.50. The maximum Gasteiger partial charge on any atom is 0.233 e. The van der Waals surface area contributed by atoms with Crippen LogP contribution in [-0.2, 0) is 4.79 Å². The summed E-state index contributed by atoms with van der Waals surface area (Å²) in [5.74, 6) is 1.57. The van der Waals surface area contributed by atoms with Crippen LogP contribution in [0.1, 0.15) is 37.7 Å². The summed E-state index contributed by atoms with van der Waals surface area (Å²) in [7, 11) is 3.56. The van der Waals surface area contributed by atoms with Crippen molar-refractivity contribution >= 4 is 17.4 Å². The Bertz CT molecular complexity index is 729. The molecule has 0 spiro atoms. The van der Waals surface area contributed by atoms with Gasteiger partial charge >= 0.3 is 0 Å². The first kappa shape index (κ1) is 17.3. The van der Waals surface area contributed by atoms with Crippen LogP contribution in [0.25, 0.3) is 0 Å². The number of hydrogen-bond donors (Lipinski definition) is 3. The van der Waals surface area contributed by atoms with Crippen LogP contribution in [0.2, 0.25) is 0 Å². The van der Waals surface area contributed by atoms with Gasteiger partial charge in [0.25, 0.3) is 0 Å². The Morgan fingerprint density at radius 2 is 2.04 bits per heavy atom. The fourth-order valence-corrected chi connectivity index (χ4v) is 4.58. The minimum atomic E-state index is -0.201. The molecule has 1 aromatic carbocycles. The molecule has 4 rings (SSSR count). The Kier molecular flexibility index (Phi) is 4.58. The van der Waals surface area contributed by atoms with Crippen molar-refractivity contribution in [2.24, 2.45) is 16.8 Å². The lowest BCUT2D eigenvalue weighted by Gasteiger charge is -2.32. The number of ether oxygens (including phenoxy) is 1. The number of carbonyl (C=O) groups excluding carboxylic acids is 1. The van der Waals surface area contributed by atoms with Gasteiger partial charge in [0.05, 0.1) is 18.6 Å². The highest BCUT2D eigenvalue weighted by Gasteiger charge is 2.49. The van der Waals surface area contributed by atoms with E-state index < -0.39 is 0 Å². The predicted molar refractivity (Wildman–Crippen MR) is 101 cm³/mol. The number of aliphatic imine (C=N–C) groups is 1. The molecule has 7 nitrogen and oxygen atoms in total. The van der Waals surface area contributed by atoms with E-state index in [-0.39, 0.29) is 24.0 Å². The van der Waals surface area contributed by atoms with Gasteiger partial charge in [-0.15, -0.1) is 0 Å².